The Kier molecular flexibility index (Phi) is 5.08. The summed E-state index contributed by atoms with van der Waals surface area (Å²) in [5.41, 5.74) is 0.231. The van der Waals surface area contributed by atoms with Crippen LogP contribution in [-0.2, 0) is 0 Å². The van der Waals surface area contributed by atoms with Crippen LogP contribution in [0.2, 0.25) is 0 Å². The van der Waals surface area contributed by atoms with E-state index in [1.165, 1.54) is 19.2 Å². The summed E-state index contributed by atoms with van der Waals surface area (Å²) < 4.78 is 46.7. The van der Waals surface area contributed by atoms with Crippen molar-refractivity contribution >= 4 is 0 Å². The van der Waals surface area contributed by atoms with Crippen LogP contribution in [-0.4, -0.2) is 55.8 Å². The molecule has 0 radical (unpaired) electrons. The van der Waals surface area contributed by atoms with Crippen LogP contribution in [0.25, 0.3) is 0 Å². The van der Waals surface area contributed by atoms with E-state index < -0.39 is 24.4 Å². The van der Waals surface area contributed by atoms with Crippen molar-refractivity contribution in [3.05, 3.63) is 29.6 Å². The standard InChI is InChI=1S/C14H19F3N2O2/c1-21-12-8-10(2-3-11(12)15)13(14(16,17)9-20)19-6-4-18-5-7-19/h2-3,8,13,18,20H,4-7,9H2,1H3/t13-/m0/s1. The van der Waals surface area contributed by atoms with Gasteiger partial charge in [-0.3, -0.25) is 4.90 Å². The summed E-state index contributed by atoms with van der Waals surface area (Å²) in [7, 11) is 1.28. The van der Waals surface area contributed by atoms with Crippen LogP contribution in [0.5, 0.6) is 5.75 Å². The first kappa shape index (κ1) is 16.1. The highest BCUT2D eigenvalue weighted by Gasteiger charge is 2.44. The van der Waals surface area contributed by atoms with Crippen molar-refractivity contribution < 1.29 is 23.0 Å². The monoisotopic (exact) mass is 304 g/mol. The van der Waals surface area contributed by atoms with Gasteiger partial charge in [-0.2, -0.15) is 0 Å². The molecule has 0 amide bonds. The number of nitrogens with zero attached hydrogens (tertiary/aromatic N) is 1. The van der Waals surface area contributed by atoms with Crippen LogP contribution >= 0.6 is 0 Å². The Morgan fingerprint density at radius 1 is 1.38 bits per heavy atom. The van der Waals surface area contributed by atoms with E-state index in [2.05, 4.69) is 5.32 Å². The van der Waals surface area contributed by atoms with Crippen molar-refractivity contribution in [3.8, 4) is 5.75 Å². The predicted octanol–water partition coefficient (Wildman–Crippen LogP) is 1.41. The second-order valence-corrected chi connectivity index (χ2v) is 5.00. The van der Waals surface area contributed by atoms with Gasteiger partial charge in [0.2, 0.25) is 0 Å². The van der Waals surface area contributed by atoms with E-state index in [9.17, 15) is 13.2 Å². The maximum atomic E-state index is 14.2. The van der Waals surface area contributed by atoms with Crippen LogP contribution < -0.4 is 10.1 Å². The largest absolute Gasteiger partial charge is 0.494 e. The van der Waals surface area contributed by atoms with Crippen molar-refractivity contribution in [1.29, 1.82) is 0 Å². The number of benzene rings is 1. The van der Waals surface area contributed by atoms with E-state index in [4.69, 9.17) is 9.84 Å². The quantitative estimate of drug-likeness (QED) is 0.863. The number of hydrogen-bond donors (Lipinski definition) is 2. The number of alkyl halides is 2. The van der Waals surface area contributed by atoms with E-state index in [0.717, 1.165) is 6.07 Å². The molecule has 7 heteroatoms. The molecule has 1 aliphatic heterocycles. The minimum Gasteiger partial charge on any atom is -0.494 e. The molecule has 4 nitrogen and oxygen atoms in total. The number of hydrogen-bond acceptors (Lipinski definition) is 4. The fourth-order valence-corrected chi connectivity index (χ4v) is 2.60. The molecule has 1 aromatic rings. The first-order valence-corrected chi connectivity index (χ1v) is 6.76. The first-order chi connectivity index (χ1) is 9.99. The van der Waals surface area contributed by atoms with E-state index in [1.807, 2.05) is 0 Å². The molecule has 0 saturated carbocycles. The summed E-state index contributed by atoms with van der Waals surface area (Å²) in [5, 5.41) is 12.1. The summed E-state index contributed by atoms with van der Waals surface area (Å²) in [4.78, 5) is 1.60. The van der Waals surface area contributed by atoms with Crippen molar-refractivity contribution in [2.75, 3.05) is 39.9 Å². The van der Waals surface area contributed by atoms with Crippen LogP contribution in [0.4, 0.5) is 13.2 Å². The van der Waals surface area contributed by atoms with Crippen LogP contribution in [0.1, 0.15) is 11.6 Å². The van der Waals surface area contributed by atoms with E-state index in [0.29, 0.717) is 26.2 Å². The molecule has 1 atom stereocenters. The molecule has 1 saturated heterocycles. The summed E-state index contributed by atoms with van der Waals surface area (Å²) in [6.07, 6.45) is 0. The summed E-state index contributed by atoms with van der Waals surface area (Å²) in [5.74, 6) is -4.01. The van der Waals surface area contributed by atoms with Gasteiger partial charge in [0.15, 0.2) is 11.6 Å². The lowest BCUT2D eigenvalue weighted by Gasteiger charge is -2.38. The van der Waals surface area contributed by atoms with E-state index in [-0.39, 0.29) is 11.3 Å². The lowest BCUT2D eigenvalue weighted by molar-refractivity contribution is -0.118. The van der Waals surface area contributed by atoms with Crippen molar-refractivity contribution in [3.63, 3.8) is 0 Å². The maximum absolute atomic E-state index is 14.2. The van der Waals surface area contributed by atoms with Gasteiger partial charge in [0.05, 0.1) is 7.11 Å². The number of nitrogens with one attached hydrogen (secondary N) is 1. The second-order valence-electron chi connectivity index (χ2n) is 5.00. The number of ether oxygens (including phenoxy) is 1. The molecule has 0 unspecified atom stereocenters. The summed E-state index contributed by atoms with van der Waals surface area (Å²) >= 11 is 0. The van der Waals surface area contributed by atoms with Gasteiger partial charge in [-0.1, -0.05) is 6.07 Å². The van der Waals surface area contributed by atoms with Gasteiger partial charge >= 0.3 is 0 Å². The van der Waals surface area contributed by atoms with Gasteiger partial charge < -0.3 is 15.2 Å². The molecule has 1 fully saturated rings. The molecule has 21 heavy (non-hydrogen) atoms. The van der Waals surface area contributed by atoms with Crippen molar-refractivity contribution in [2.45, 2.75) is 12.0 Å². The fourth-order valence-electron chi connectivity index (χ4n) is 2.60. The lowest BCUT2D eigenvalue weighted by atomic mass is 9.98. The zero-order valence-electron chi connectivity index (χ0n) is 11.8. The highest BCUT2D eigenvalue weighted by molar-refractivity contribution is 5.33. The first-order valence-electron chi connectivity index (χ1n) is 6.76. The molecular weight excluding hydrogens is 285 g/mol. The van der Waals surface area contributed by atoms with Crippen molar-refractivity contribution in [2.24, 2.45) is 0 Å². The van der Waals surface area contributed by atoms with Crippen LogP contribution in [0, 0.1) is 5.82 Å². The number of halogens is 3. The molecule has 0 aromatic heterocycles. The zero-order valence-corrected chi connectivity index (χ0v) is 11.8. The average Bonchev–Trinajstić information content (AvgIpc) is 2.50. The predicted molar refractivity (Wildman–Crippen MR) is 72.2 cm³/mol. The topological polar surface area (TPSA) is 44.7 Å². The number of piperazine rings is 1. The lowest BCUT2D eigenvalue weighted by Crippen LogP contribution is -2.51. The third-order valence-corrected chi connectivity index (χ3v) is 3.62. The van der Waals surface area contributed by atoms with Gasteiger partial charge in [-0.05, 0) is 17.7 Å². The molecular formula is C14H19F3N2O2. The molecule has 1 heterocycles. The molecule has 1 aliphatic rings. The third-order valence-electron chi connectivity index (χ3n) is 3.62. The average molecular weight is 304 g/mol. The Morgan fingerprint density at radius 2 is 2.05 bits per heavy atom. The van der Waals surface area contributed by atoms with E-state index >= 15 is 0 Å². The number of methoxy groups -OCH3 is 1. The highest BCUT2D eigenvalue weighted by atomic mass is 19.3. The Labute approximate surface area is 121 Å². The fraction of sp³-hybridized carbons (Fsp3) is 0.571. The zero-order chi connectivity index (χ0) is 15.5. The van der Waals surface area contributed by atoms with Gasteiger partial charge in [-0.15, -0.1) is 0 Å². The van der Waals surface area contributed by atoms with Crippen molar-refractivity contribution in [1.82, 2.24) is 10.2 Å². The highest BCUT2D eigenvalue weighted by Crippen LogP contribution is 2.38. The number of rotatable bonds is 5. The van der Waals surface area contributed by atoms with Gasteiger partial charge in [0.1, 0.15) is 12.6 Å². The number of aliphatic hydroxyl groups is 1. The van der Waals surface area contributed by atoms with Gasteiger partial charge in [0.25, 0.3) is 5.92 Å². The minimum atomic E-state index is -3.32. The maximum Gasteiger partial charge on any atom is 0.289 e. The Morgan fingerprint density at radius 3 is 2.62 bits per heavy atom. The van der Waals surface area contributed by atoms with Gasteiger partial charge in [0, 0.05) is 26.2 Å². The van der Waals surface area contributed by atoms with Crippen LogP contribution in [0.3, 0.4) is 0 Å². The third kappa shape index (κ3) is 3.48. The molecule has 118 valence electrons. The summed E-state index contributed by atoms with van der Waals surface area (Å²) in [6.45, 7) is 0.786. The molecule has 0 aliphatic carbocycles. The van der Waals surface area contributed by atoms with Crippen LogP contribution in [0.15, 0.2) is 18.2 Å². The smallest absolute Gasteiger partial charge is 0.289 e. The van der Waals surface area contributed by atoms with E-state index in [1.54, 1.807) is 4.90 Å². The molecule has 2 rings (SSSR count). The SMILES string of the molecule is COc1cc([C@H](N2CCNCC2)C(F)(F)CO)ccc1F. The second kappa shape index (κ2) is 6.64. The number of aliphatic hydroxyl groups excluding tert-OH is 1. The Hall–Kier alpha value is -1.31. The minimum absolute atomic E-state index is 0.0821. The normalized spacial score (nSPS) is 18.5. The Bertz CT molecular complexity index is 479. The molecule has 0 bridgehead atoms. The molecule has 0 spiro atoms. The van der Waals surface area contributed by atoms with Gasteiger partial charge in [-0.25, -0.2) is 13.2 Å². The Balaban J connectivity index is 2.38. The summed E-state index contributed by atoms with van der Waals surface area (Å²) in [6, 6.07) is 2.38. The molecule has 2 N–H and O–H groups in total. The molecule has 1 aromatic carbocycles.